The van der Waals surface area contributed by atoms with Crippen molar-refractivity contribution in [1.82, 2.24) is 20.3 Å². The summed E-state index contributed by atoms with van der Waals surface area (Å²) in [6.07, 6.45) is 5.99. The molecule has 0 bridgehead atoms. The van der Waals surface area contributed by atoms with Crippen LogP contribution in [0.1, 0.15) is 16.1 Å². The number of hydrogen-bond acceptors (Lipinski definition) is 3. The molecule has 1 amide bonds. The zero-order valence-corrected chi connectivity index (χ0v) is 8.36. The predicted octanol–water partition coefficient (Wildman–Crippen LogP) is 0.0280. The molecule has 0 fully saturated rings. The van der Waals surface area contributed by atoms with Crippen LogP contribution in [-0.2, 0) is 6.54 Å². The molecule has 3 N–H and O–H groups in total. The Morgan fingerprint density at radius 2 is 2.38 bits per heavy atom. The van der Waals surface area contributed by atoms with Crippen molar-refractivity contribution in [2.75, 3.05) is 0 Å². The Balaban J connectivity index is 2.04. The number of rotatable bonds is 3. The van der Waals surface area contributed by atoms with Gasteiger partial charge in [-0.15, -0.1) is 0 Å². The number of nitrogens with zero attached hydrogens (tertiary/aromatic N) is 1. The first-order valence-corrected chi connectivity index (χ1v) is 4.70. The molecule has 2 aromatic rings. The van der Waals surface area contributed by atoms with E-state index in [1.54, 1.807) is 6.20 Å². The number of carbonyl (C=O) groups excluding carboxylic acids is 1. The van der Waals surface area contributed by atoms with Crippen LogP contribution in [0.3, 0.4) is 0 Å². The lowest BCUT2D eigenvalue weighted by molar-refractivity contribution is 0.0949. The highest BCUT2D eigenvalue weighted by Crippen LogP contribution is 1.92. The fraction of sp³-hybridized carbons (Fsp3) is 0.100. The maximum atomic E-state index is 11.6. The van der Waals surface area contributed by atoms with E-state index in [1.165, 1.54) is 24.8 Å². The molecule has 0 aliphatic carbocycles. The van der Waals surface area contributed by atoms with Crippen molar-refractivity contribution < 1.29 is 4.79 Å². The monoisotopic (exact) mass is 218 g/mol. The molecule has 6 heteroatoms. The third kappa shape index (κ3) is 2.17. The first kappa shape index (κ1) is 10.2. The van der Waals surface area contributed by atoms with Gasteiger partial charge in [0, 0.05) is 24.7 Å². The van der Waals surface area contributed by atoms with E-state index < -0.39 is 5.91 Å². The summed E-state index contributed by atoms with van der Waals surface area (Å²) in [6.45, 7) is 0.313. The van der Waals surface area contributed by atoms with Gasteiger partial charge < -0.3 is 15.3 Å². The van der Waals surface area contributed by atoms with Gasteiger partial charge in [0.15, 0.2) is 5.43 Å². The van der Waals surface area contributed by atoms with Crippen molar-refractivity contribution in [3.8, 4) is 0 Å². The number of amides is 1. The number of imidazole rings is 1. The van der Waals surface area contributed by atoms with E-state index in [-0.39, 0.29) is 11.0 Å². The highest BCUT2D eigenvalue weighted by Gasteiger charge is 2.08. The molecule has 0 atom stereocenters. The number of carbonyl (C=O) groups is 1. The van der Waals surface area contributed by atoms with E-state index in [9.17, 15) is 9.59 Å². The van der Waals surface area contributed by atoms with Crippen molar-refractivity contribution in [3.05, 3.63) is 52.5 Å². The van der Waals surface area contributed by atoms with Crippen LogP contribution >= 0.6 is 0 Å². The van der Waals surface area contributed by atoms with Gasteiger partial charge in [-0.1, -0.05) is 0 Å². The zero-order valence-electron chi connectivity index (χ0n) is 8.36. The van der Waals surface area contributed by atoms with Crippen molar-refractivity contribution in [1.29, 1.82) is 0 Å². The summed E-state index contributed by atoms with van der Waals surface area (Å²) in [5.74, 6) is -0.406. The molecule has 0 saturated carbocycles. The standard InChI is InChI=1S/C10H10N4O2/c15-9-1-2-11-5-8(9)10(16)13-4-7-3-12-6-14-7/h1-3,5-6H,4H2,(H,11,15)(H,12,14)(H,13,16). The molecular weight excluding hydrogens is 208 g/mol. The van der Waals surface area contributed by atoms with Crippen LogP contribution in [0.4, 0.5) is 0 Å². The van der Waals surface area contributed by atoms with Gasteiger partial charge in [-0.3, -0.25) is 9.59 Å². The summed E-state index contributed by atoms with van der Waals surface area (Å²) in [6, 6.07) is 1.31. The minimum Gasteiger partial charge on any atom is -0.367 e. The van der Waals surface area contributed by atoms with Crippen LogP contribution in [0, 0.1) is 0 Å². The van der Waals surface area contributed by atoms with Crippen LogP contribution in [0.5, 0.6) is 0 Å². The SMILES string of the molecule is O=C(NCc1cnc[nH]1)c1c[nH]ccc1=O. The van der Waals surface area contributed by atoms with Crippen LogP contribution in [-0.4, -0.2) is 20.9 Å². The van der Waals surface area contributed by atoms with Crippen molar-refractivity contribution >= 4 is 5.91 Å². The van der Waals surface area contributed by atoms with E-state index >= 15 is 0 Å². The summed E-state index contributed by atoms with van der Waals surface area (Å²) >= 11 is 0. The second-order valence-corrected chi connectivity index (χ2v) is 3.18. The minimum atomic E-state index is -0.406. The smallest absolute Gasteiger partial charge is 0.257 e. The highest BCUT2D eigenvalue weighted by atomic mass is 16.2. The fourth-order valence-corrected chi connectivity index (χ4v) is 1.25. The Hall–Kier alpha value is -2.37. The molecule has 2 aromatic heterocycles. The van der Waals surface area contributed by atoms with Gasteiger partial charge in [-0.2, -0.15) is 0 Å². The molecule has 0 radical (unpaired) electrons. The topological polar surface area (TPSA) is 90.6 Å². The Morgan fingerprint density at radius 1 is 1.50 bits per heavy atom. The van der Waals surface area contributed by atoms with Crippen LogP contribution in [0.2, 0.25) is 0 Å². The van der Waals surface area contributed by atoms with Crippen LogP contribution in [0.15, 0.2) is 35.8 Å². The number of pyridine rings is 1. The maximum Gasteiger partial charge on any atom is 0.257 e. The minimum absolute atomic E-state index is 0.0991. The predicted molar refractivity (Wildman–Crippen MR) is 56.8 cm³/mol. The average molecular weight is 218 g/mol. The van der Waals surface area contributed by atoms with Gasteiger partial charge in [-0.05, 0) is 0 Å². The molecule has 0 aromatic carbocycles. The lowest BCUT2D eigenvalue weighted by Gasteiger charge is -2.02. The van der Waals surface area contributed by atoms with E-state index in [0.29, 0.717) is 6.54 Å². The molecular formula is C10H10N4O2. The number of nitrogens with one attached hydrogen (secondary N) is 3. The third-order valence-corrected chi connectivity index (χ3v) is 2.06. The summed E-state index contributed by atoms with van der Waals surface area (Å²) in [5.41, 5.74) is 0.573. The molecule has 82 valence electrons. The van der Waals surface area contributed by atoms with Gasteiger partial charge in [0.05, 0.1) is 18.6 Å². The summed E-state index contributed by atoms with van der Waals surface area (Å²) < 4.78 is 0. The summed E-state index contributed by atoms with van der Waals surface area (Å²) in [5, 5.41) is 2.61. The summed E-state index contributed by atoms with van der Waals surface area (Å²) in [7, 11) is 0. The first-order chi connectivity index (χ1) is 7.77. The second kappa shape index (κ2) is 4.43. The number of aromatic amines is 2. The van der Waals surface area contributed by atoms with Gasteiger partial charge in [0.2, 0.25) is 0 Å². The largest absolute Gasteiger partial charge is 0.367 e. The molecule has 0 aliphatic heterocycles. The highest BCUT2D eigenvalue weighted by molar-refractivity contribution is 5.93. The molecule has 16 heavy (non-hydrogen) atoms. The van der Waals surface area contributed by atoms with Crippen molar-refractivity contribution in [2.24, 2.45) is 0 Å². The van der Waals surface area contributed by atoms with Crippen LogP contribution < -0.4 is 10.7 Å². The summed E-state index contributed by atoms with van der Waals surface area (Å²) in [4.78, 5) is 32.3. The molecule has 0 spiro atoms. The molecule has 6 nitrogen and oxygen atoms in total. The zero-order chi connectivity index (χ0) is 11.4. The Labute approximate surface area is 90.7 Å². The Bertz CT molecular complexity index is 530. The van der Waals surface area contributed by atoms with Gasteiger partial charge >= 0.3 is 0 Å². The maximum absolute atomic E-state index is 11.6. The van der Waals surface area contributed by atoms with Crippen molar-refractivity contribution in [3.63, 3.8) is 0 Å². The number of aromatic nitrogens is 3. The Kier molecular flexibility index (Phi) is 2.81. The van der Waals surface area contributed by atoms with Gasteiger partial charge in [-0.25, -0.2) is 4.98 Å². The number of hydrogen-bond donors (Lipinski definition) is 3. The van der Waals surface area contributed by atoms with E-state index in [4.69, 9.17) is 0 Å². The molecule has 0 saturated heterocycles. The third-order valence-electron chi connectivity index (χ3n) is 2.06. The molecule has 2 heterocycles. The van der Waals surface area contributed by atoms with Crippen LogP contribution in [0.25, 0.3) is 0 Å². The fourth-order valence-electron chi connectivity index (χ4n) is 1.25. The van der Waals surface area contributed by atoms with Gasteiger partial charge in [0.25, 0.3) is 5.91 Å². The number of H-pyrrole nitrogens is 2. The van der Waals surface area contributed by atoms with E-state index in [1.807, 2.05) is 0 Å². The molecule has 2 rings (SSSR count). The lowest BCUT2D eigenvalue weighted by Crippen LogP contribution is -2.28. The Morgan fingerprint density at radius 3 is 3.06 bits per heavy atom. The van der Waals surface area contributed by atoms with E-state index in [2.05, 4.69) is 20.3 Å². The molecule has 0 unspecified atom stereocenters. The van der Waals surface area contributed by atoms with Gasteiger partial charge in [0.1, 0.15) is 5.56 Å². The normalized spacial score (nSPS) is 10.0. The quantitative estimate of drug-likeness (QED) is 0.678. The molecule has 0 aliphatic rings. The second-order valence-electron chi connectivity index (χ2n) is 3.18. The van der Waals surface area contributed by atoms with Crippen molar-refractivity contribution in [2.45, 2.75) is 6.54 Å². The van der Waals surface area contributed by atoms with E-state index in [0.717, 1.165) is 5.69 Å². The lowest BCUT2D eigenvalue weighted by atomic mass is 10.2. The average Bonchev–Trinajstić information content (AvgIpc) is 2.79. The first-order valence-electron chi connectivity index (χ1n) is 4.70.